The molecule has 0 radical (unpaired) electrons. The van der Waals surface area contributed by atoms with E-state index >= 15 is 0 Å². The molecule has 1 amide bonds. The molecular formula is C21H22ClN5OS. The van der Waals surface area contributed by atoms with Gasteiger partial charge in [0.2, 0.25) is 11.2 Å². The highest BCUT2D eigenvalue weighted by Crippen LogP contribution is 2.38. The maximum atomic E-state index is 12.9. The Balaban J connectivity index is 1.67. The van der Waals surface area contributed by atoms with Crippen LogP contribution in [0.25, 0.3) is 21.8 Å². The van der Waals surface area contributed by atoms with E-state index in [1.165, 1.54) is 17.8 Å². The van der Waals surface area contributed by atoms with E-state index in [4.69, 9.17) is 17.3 Å². The first kappa shape index (κ1) is 19.8. The van der Waals surface area contributed by atoms with Crippen molar-refractivity contribution in [2.45, 2.75) is 32.1 Å². The number of carbonyl (C=O) groups excluding carboxylic acids is 1. The highest BCUT2D eigenvalue weighted by Gasteiger charge is 2.25. The number of aromatic nitrogens is 3. The van der Waals surface area contributed by atoms with Crippen LogP contribution in [-0.2, 0) is 4.79 Å². The number of nitrogens with zero attached hydrogens (tertiary/aromatic N) is 4. The van der Waals surface area contributed by atoms with Crippen molar-refractivity contribution in [2.24, 2.45) is 5.92 Å². The predicted molar refractivity (Wildman–Crippen MR) is 118 cm³/mol. The lowest BCUT2D eigenvalue weighted by molar-refractivity contribution is -0.123. The lowest BCUT2D eigenvalue weighted by atomic mass is 9.88. The normalized spacial score (nSPS) is 14.7. The SMILES string of the molecule is CN(C(=O)C1CCCCC1)c1cccc(-c2nc(N)sc2-c2ccnc(Cl)n2)c1. The van der Waals surface area contributed by atoms with Crippen LogP contribution in [0.15, 0.2) is 36.5 Å². The third-order valence-electron chi connectivity index (χ3n) is 5.29. The van der Waals surface area contributed by atoms with Crippen LogP contribution in [0.1, 0.15) is 32.1 Å². The van der Waals surface area contributed by atoms with Gasteiger partial charge in [0, 0.05) is 30.4 Å². The molecule has 1 aliphatic rings. The summed E-state index contributed by atoms with van der Waals surface area (Å²) >= 11 is 7.31. The lowest BCUT2D eigenvalue weighted by Gasteiger charge is -2.26. The van der Waals surface area contributed by atoms with Gasteiger partial charge < -0.3 is 10.6 Å². The summed E-state index contributed by atoms with van der Waals surface area (Å²) in [5, 5.41) is 0.619. The van der Waals surface area contributed by atoms with Crippen LogP contribution in [0.2, 0.25) is 5.28 Å². The van der Waals surface area contributed by atoms with Gasteiger partial charge in [-0.2, -0.15) is 0 Å². The molecule has 0 aliphatic heterocycles. The van der Waals surface area contributed by atoms with E-state index in [0.717, 1.165) is 47.5 Å². The topological polar surface area (TPSA) is 85.0 Å². The van der Waals surface area contributed by atoms with Crippen molar-refractivity contribution in [2.75, 3.05) is 17.7 Å². The van der Waals surface area contributed by atoms with Crippen molar-refractivity contribution in [3.63, 3.8) is 0 Å². The zero-order chi connectivity index (χ0) is 20.4. The molecule has 1 fully saturated rings. The van der Waals surface area contributed by atoms with Crippen molar-refractivity contribution in [3.05, 3.63) is 41.8 Å². The van der Waals surface area contributed by atoms with E-state index in [0.29, 0.717) is 10.8 Å². The zero-order valence-electron chi connectivity index (χ0n) is 16.1. The summed E-state index contributed by atoms with van der Waals surface area (Å²) in [5.41, 5.74) is 9.12. The molecule has 1 saturated carbocycles. The van der Waals surface area contributed by atoms with Gasteiger partial charge >= 0.3 is 0 Å². The largest absolute Gasteiger partial charge is 0.375 e. The highest BCUT2D eigenvalue weighted by molar-refractivity contribution is 7.19. The van der Waals surface area contributed by atoms with Gasteiger partial charge in [-0.05, 0) is 42.6 Å². The van der Waals surface area contributed by atoms with Gasteiger partial charge in [0.25, 0.3) is 0 Å². The van der Waals surface area contributed by atoms with E-state index in [-0.39, 0.29) is 17.1 Å². The summed E-state index contributed by atoms with van der Waals surface area (Å²) < 4.78 is 0. The smallest absolute Gasteiger partial charge is 0.229 e. The first-order valence-corrected chi connectivity index (χ1v) is 10.9. The summed E-state index contributed by atoms with van der Waals surface area (Å²) in [7, 11) is 1.84. The van der Waals surface area contributed by atoms with Crippen molar-refractivity contribution in [3.8, 4) is 21.8 Å². The van der Waals surface area contributed by atoms with Gasteiger partial charge in [-0.3, -0.25) is 4.79 Å². The number of hydrogen-bond acceptors (Lipinski definition) is 6. The van der Waals surface area contributed by atoms with E-state index in [1.807, 2.05) is 31.3 Å². The number of nitrogens with two attached hydrogens (primary N) is 1. The maximum Gasteiger partial charge on any atom is 0.229 e. The third-order valence-corrected chi connectivity index (χ3v) is 6.38. The molecule has 1 aliphatic carbocycles. The number of rotatable bonds is 4. The summed E-state index contributed by atoms with van der Waals surface area (Å²) in [6, 6.07) is 9.60. The molecule has 29 heavy (non-hydrogen) atoms. The predicted octanol–water partition coefficient (Wildman–Crippen LogP) is 5.05. The molecule has 4 rings (SSSR count). The lowest BCUT2D eigenvalue weighted by Crippen LogP contribution is -2.33. The minimum absolute atomic E-state index is 0.117. The minimum atomic E-state index is 0.117. The van der Waals surface area contributed by atoms with Gasteiger partial charge in [0.1, 0.15) is 0 Å². The number of thiazole rings is 1. The van der Waals surface area contributed by atoms with Gasteiger partial charge in [-0.1, -0.05) is 42.7 Å². The molecule has 0 spiro atoms. The Morgan fingerprint density at radius 2 is 2.00 bits per heavy atom. The van der Waals surface area contributed by atoms with E-state index < -0.39 is 0 Å². The Labute approximate surface area is 178 Å². The van der Waals surface area contributed by atoms with Crippen molar-refractivity contribution < 1.29 is 4.79 Å². The molecule has 0 unspecified atom stereocenters. The minimum Gasteiger partial charge on any atom is -0.375 e. The van der Waals surface area contributed by atoms with Crippen LogP contribution >= 0.6 is 22.9 Å². The van der Waals surface area contributed by atoms with Crippen LogP contribution in [0.3, 0.4) is 0 Å². The average molecular weight is 428 g/mol. The summed E-state index contributed by atoms with van der Waals surface area (Å²) in [4.78, 5) is 28.3. The maximum absolute atomic E-state index is 12.9. The Hall–Kier alpha value is -2.51. The molecule has 0 saturated heterocycles. The first-order valence-electron chi connectivity index (χ1n) is 9.66. The second kappa shape index (κ2) is 8.47. The molecule has 1 aromatic carbocycles. The number of nitrogen functional groups attached to an aromatic ring is 1. The number of benzene rings is 1. The third kappa shape index (κ3) is 4.26. The number of anilines is 2. The fraction of sp³-hybridized carbons (Fsp3) is 0.333. The fourth-order valence-electron chi connectivity index (χ4n) is 3.78. The van der Waals surface area contributed by atoms with Crippen molar-refractivity contribution >= 4 is 39.7 Å². The van der Waals surface area contributed by atoms with Crippen molar-refractivity contribution in [1.82, 2.24) is 15.0 Å². The van der Waals surface area contributed by atoms with E-state index in [2.05, 4.69) is 15.0 Å². The van der Waals surface area contributed by atoms with Gasteiger partial charge in [-0.25, -0.2) is 15.0 Å². The zero-order valence-corrected chi connectivity index (χ0v) is 17.7. The Bertz CT molecular complexity index is 1030. The molecule has 2 aromatic heterocycles. The van der Waals surface area contributed by atoms with E-state index in [1.54, 1.807) is 17.2 Å². The number of carbonyl (C=O) groups is 1. The first-order chi connectivity index (χ1) is 14.0. The number of amides is 1. The Kier molecular flexibility index (Phi) is 5.78. The van der Waals surface area contributed by atoms with Gasteiger partial charge in [-0.15, -0.1) is 0 Å². The molecule has 8 heteroatoms. The van der Waals surface area contributed by atoms with Crippen molar-refractivity contribution in [1.29, 1.82) is 0 Å². The molecule has 2 N–H and O–H groups in total. The Morgan fingerprint density at radius 3 is 2.76 bits per heavy atom. The fourth-order valence-corrected chi connectivity index (χ4v) is 4.75. The summed E-state index contributed by atoms with van der Waals surface area (Å²) in [5.74, 6) is 0.300. The standard InChI is InChI=1S/C21H22ClN5OS/c1-27(19(28)13-6-3-2-4-7-13)15-9-5-8-14(12-15)17-18(29-21(23)26-17)16-10-11-24-20(22)25-16/h5,8-13H,2-4,6-7H2,1H3,(H2,23,26). The van der Waals surface area contributed by atoms with E-state index in [9.17, 15) is 4.79 Å². The van der Waals surface area contributed by atoms with Gasteiger partial charge in [0.05, 0.1) is 16.3 Å². The van der Waals surface area contributed by atoms with Crippen LogP contribution in [0.4, 0.5) is 10.8 Å². The summed E-state index contributed by atoms with van der Waals surface area (Å²) in [6.07, 6.45) is 7.05. The van der Waals surface area contributed by atoms with Crippen LogP contribution in [-0.4, -0.2) is 27.9 Å². The molecule has 3 aromatic rings. The quantitative estimate of drug-likeness (QED) is 0.589. The monoisotopic (exact) mass is 427 g/mol. The van der Waals surface area contributed by atoms with Gasteiger partial charge in [0.15, 0.2) is 5.13 Å². The Morgan fingerprint density at radius 1 is 1.21 bits per heavy atom. The molecule has 2 heterocycles. The molecular weight excluding hydrogens is 406 g/mol. The van der Waals surface area contributed by atoms with Crippen LogP contribution in [0.5, 0.6) is 0 Å². The molecule has 6 nitrogen and oxygen atoms in total. The van der Waals surface area contributed by atoms with Crippen LogP contribution in [0, 0.1) is 5.92 Å². The summed E-state index contributed by atoms with van der Waals surface area (Å²) in [6.45, 7) is 0. The molecule has 0 atom stereocenters. The number of halogens is 1. The second-order valence-electron chi connectivity index (χ2n) is 7.22. The second-order valence-corrected chi connectivity index (χ2v) is 8.59. The molecule has 0 bridgehead atoms. The number of hydrogen-bond donors (Lipinski definition) is 1. The highest BCUT2D eigenvalue weighted by atomic mass is 35.5. The average Bonchev–Trinajstić information content (AvgIpc) is 3.15. The van der Waals surface area contributed by atoms with Crippen LogP contribution < -0.4 is 10.6 Å². The molecule has 150 valence electrons.